The van der Waals surface area contributed by atoms with Crippen LogP contribution < -0.4 is 26.8 Å². The Morgan fingerprint density at radius 1 is 0.825 bits per heavy atom. The zero-order valence-electron chi connectivity index (χ0n) is 37.2. The molecule has 0 bridgehead atoms. The lowest BCUT2D eigenvalue weighted by Crippen LogP contribution is -2.37. The summed E-state index contributed by atoms with van der Waals surface area (Å²) in [4.78, 5) is 59.5. The maximum Gasteiger partial charge on any atom is 0.276 e. The summed E-state index contributed by atoms with van der Waals surface area (Å²) < 4.78 is 18.9. The molecule has 5 heterocycles. The van der Waals surface area contributed by atoms with E-state index in [2.05, 4.69) is 30.7 Å². The normalized spacial score (nSPS) is 12.7. The molecular formula is C44H59N13O6. The Kier molecular flexibility index (Phi) is 16.7. The van der Waals surface area contributed by atoms with Crippen molar-refractivity contribution in [3.8, 4) is 5.75 Å². The van der Waals surface area contributed by atoms with Gasteiger partial charge in [0.1, 0.15) is 22.7 Å². The van der Waals surface area contributed by atoms with Gasteiger partial charge < -0.3 is 35.4 Å². The molecule has 0 radical (unpaired) electrons. The van der Waals surface area contributed by atoms with Gasteiger partial charge in [-0.3, -0.25) is 38.8 Å². The molecule has 0 spiro atoms. The average Bonchev–Trinajstić information content (AvgIpc) is 4.06. The molecule has 336 valence electrons. The van der Waals surface area contributed by atoms with Crippen LogP contribution in [0.1, 0.15) is 87.2 Å². The predicted octanol–water partition coefficient (Wildman–Crippen LogP) is 4.81. The van der Waals surface area contributed by atoms with Gasteiger partial charge in [-0.2, -0.15) is 10.2 Å². The standard InChI is InChI=1S/C35H43N11O5.C7H10N2O.C2H6/c1-4-46-28(18-22(2)42-46)33(49)41-35-39-25-19-23(31(36)47)8-9-27(25)44(35)11-5-6-12-45-30-26(40-34(45)38-3)20-24(32(37)48)21-29(30)51-15-7-10-43-13-16-50-17-14-43;1-3-9-7(5-10)4-6(2)8-9;1-2/h5-6,8-9,18-21H,4,7,10-17H2,1-3H3,(H2,36,47)(H2,37,48)(H,38,40)(H,39,41,49);4-5H,3H2,1-2H3;1-2H3/b6-5+;;. The van der Waals surface area contributed by atoms with Gasteiger partial charge in [-0.1, -0.05) is 26.0 Å². The van der Waals surface area contributed by atoms with Gasteiger partial charge in [0.15, 0.2) is 6.29 Å². The number of primary amides is 2. The summed E-state index contributed by atoms with van der Waals surface area (Å²) in [7, 11) is 1.78. The molecule has 2 aromatic carbocycles. The number of benzene rings is 2. The molecule has 4 aromatic heterocycles. The van der Waals surface area contributed by atoms with Gasteiger partial charge in [-0.15, -0.1) is 0 Å². The second-order valence-electron chi connectivity index (χ2n) is 14.3. The number of fused-ring (bicyclic) bond motifs is 2. The number of imidazole rings is 2. The van der Waals surface area contributed by atoms with Crippen molar-refractivity contribution >= 4 is 58.0 Å². The molecule has 1 aliphatic heterocycles. The number of hydrogen-bond donors (Lipinski definition) is 4. The fourth-order valence-electron chi connectivity index (χ4n) is 7.12. The monoisotopic (exact) mass is 865 g/mol. The van der Waals surface area contributed by atoms with Crippen LogP contribution in [0.25, 0.3) is 22.1 Å². The highest BCUT2D eigenvalue weighted by molar-refractivity contribution is 6.03. The molecule has 19 nitrogen and oxygen atoms in total. The quantitative estimate of drug-likeness (QED) is 0.0549. The van der Waals surface area contributed by atoms with Gasteiger partial charge in [0.2, 0.25) is 23.7 Å². The lowest BCUT2D eigenvalue weighted by molar-refractivity contribution is 0.0358. The minimum atomic E-state index is -0.574. The number of carbonyl (C=O) groups is 4. The van der Waals surface area contributed by atoms with Crippen LogP contribution >= 0.6 is 0 Å². The van der Waals surface area contributed by atoms with Crippen molar-refractivity contribution in [2.45, 2.75) is 74.1 Å². The zero-order chi connectivity index (χ0) is 45.6. The van der Waals surface area contributed by atoms with E-state index in [1.165, 1.54) is 0 Å². The molecule has 63 heavy (non-hydrogen) atoms. The number of morpholine rings is 1. The van der Waals surface area contributed by atoms with Crippen LogP contribution in [0.3, 0.4) is 0 Å². The Bertz CT molecular complexity index is 2560. The van der Waals surface area contributed by atoms with Crippen molar-refractivity contribution in [2.24, 2.45) is 11.5 Å². The summed E-state index contributed by atoms with van der Waals surface area (Å²) in [5, 5.41) is 14.5. The van der Waals surface area contributed by atoms with Crippen LogP contribution in [0.2, 0.25) is 0 Å². The summed E-state index contributed by atoms with van der Waals surface area (Å²) in [6, 6.07) is 11.8. The fourth-order valence-corrected chi connectivity index (χ4v) is 7.12. The molecule has 6 N–H and O–H groups in total. The number of ether oxygens (including phenoxy) is 2. The van der Waals surface area contributed by atoms with Crippen LogP contribution in [0.5, 0.6) is 5.75 Å². The third kappa shape index (κ3) is 11.5. The van der Waals surface area contributed by atoms with Gasteiger partial charge in [-0.25, -0.2) is 9.97 Å². The third-order valence-corrected chi connectivity index (χ3v) is 10.1. The average molecular weight is 866 g/mol. The summed E-state index contributed by atoms with van der Waals surface area (Å²) in [5.41, 5.74) is 17.0. The molecule has 1 aliphatic rings. The second-order valence-corrected chi connectivity index (χ2v) is 14.3. The minimum absolute atomic E-state index is 0.304. The number of aryl methyl sites for hydroxylation is 4. The van der Waals surface area contributed by atoms with E-state index < -0.39 is 11.8 Å². The maximum atomic E-state index is 13.4. The van der Waals surface area contributed by atoms with E-state index in [0.29, 0.717) is 83.0 Å². The summed E-state index contributed by atoms with van der Waals surface area (Å²) in [6.45, 7) is 18.2. The Hall–Kier alpha value is -6.86. The highest BCUT2D eigenvalue weighted by Crippen LogP contribution is 2.31. The van der Waals surface area contributed by atoms with Crippen molar-refractivity contribution in [3.05, 3.63) is 88.5 Å². The Balaban J connectivity index is 0.000000544. The number of aromatic nitrogens is 8. The van der Waals surface area contributed by atoms with E-state index in [1.807, 2.05) is 62.8 Å². The number of nitrogens with two attached hydrogens (primary N) is 2. The predicted molar refractivity (Wildman–Crippen MR) is 243 cm³/mol. The molecule has 0 saturated carbocycles. The third-order valence-electron chi connectivity index (χ3n) is 10.1. The van der Waals surface area contributed by atoms with E-state index in [1.54, 1.807) is 58.9 Å². The van der Waals surface area contributed by atoms with Gasteiger partial charge in [0.25, 0.3) is 5.91 Å². The van der Waals surface area contributed by atoms with Gasteiger partial charge in [0.05, 0.1) is 47.8 Å². The number of aldehydes is 1. The second kappa shape index (κ2) is 22.3. The van der Waals surface area contributed by atoms with Crippen molar-refractivity contribution in [1.82, 2.24) is 43.6 Å². The number of anilines is 2. The molecule has 0 aliphatic carbocycles. The number of hydrogen-bond acceptors (Lipinski definition) is 12. The SMILES string of the molecule is CC.CCn1nc(C)cc1C(=O)Nc1nc2cc(C(N)=O)ccc2n1C/C=C/Cn1c(NC)nc2cc(C(N)=O)cc(OCCCN3CCOCC3)c21.CCn1nc(C)cc1C=O. The fraction of sp³-hybridized carbons (Fsp3) is 0.409. The van der Waals surface area contributed by atoms with Crippen LogP contribution in [0.4, 0.5) is 11.9 Å². The largest absolute Gasteiger partial charge is 0.491 e. The molecule has 0 unspecified atom stereocenters. The first-order chi connectivity index (χ1) is 30.4. The van der Waals surface area contributed by atoms with Crippen LogP contribution in [-0.4, -0.2) is 114 Å². The van der Waals surface area contributed by atoms with E-state index in [-0.39, 0.29) is 5.91 Å². The van der Waals surface area contributed by atoms with Crippen LogP contribution in [0.15, 0.2) is 54.6 Å². The number of carbonyl (C=O) groups excluding carboxylic acids is 4. The highest BCUT2D eigenvalue weighted by Gasteiger charge is 2.20. The summed E-state index contributed by atoms with van der Waals surface area (Å²) in [5.74, 6) is -0.0953. The molecule has 7 rings (SSSR count). The number of amides is 3. The lowest BCUT2D eigenvalue weighted by atomic mass is 10.1. The molecular weight excluding hydrogens is 807 g/mol. The topological polar surface area (TPSA) is 237 Å². The first-order valence-corrected chi connectivity index (χ1v) is 21.2. The molecule has 19 heteroatoms. The van der Waals surface area contributed by atoms with E-state index >= 15 is 0 Å². The lowest BCUT2D eigenvalue weighted by Gasteiger charge is -2.26. The molecule has 1 fully saturated rings. The van der Waals surface area contributed by atoms with Crippen molar-refractivity contribution in [3.63, 3.8) is 0 Å². The maximum absolute atomic E-state index is 13.4. The van der Waals surface area contributed by atoms with Crippen molar-refractivity contribution in [2.75, 3.05) is 57.1 Å². The Morgan fingerprint density at radius 2 is 1.46 bits per heavy atom. The van der Waals surface area contributed by atoms with Crippen LogP contribution in [-0.2, 0) is 30.9 Å². The van der Waals surface area contributed by atoms with Gasteiger partial charge in [-0.05, 0) is 76.6 Å². The van der Waals surface area contributed by atoms with Gasteiger partial charge >= 0.3 is 0 Å². The zero-order valence-corrected chi connectivity index (χ0v) is 37.2. The van der Waals surface area contributed by atoms with Crippen LogP contribution in [0, 0.1) is 13.8 Å². The van der Waals surface area contributed by atoms with Gasteiger partial charge in [0, 0.05) is 64.0 Å². The number of nitrogens with one attached hydrogen (secondary N) is 2. The molecule has 0 atom stereocenters. The summed E-state index contributed by atoms with van der Waals surface area (Å²) in [6.07, 6.45) is 5.54. The molecule has 1 saturated heterocycles. The number of allylic oxidation sites excluding steroid dienone is 2. The van der Waals surface area contributed by atoms with E-state index in [4.69, 9.17) is 25.9 Å². The number of nitrogens with zero attached hydrogens (tertiary/aromatic N) is 9. The molecule has 6 aromatic rings. The molecule has 3 amide bonds. The van der Waals surface area contributed by atoms with E-state index in [0.717, 1.165) is 69.0 Å². The Labute approximate surface area is 366 Å². The smallest absolute Gasteiger partial charge is 0.276 e. The minimum Gasteiger partial charge on any atom is -0.491 e. The number of rotatable bonds is 17. The Morgan fingerprint density at radius 3 is 2.10 bits per heavy atom. The summed E-state index contributed by atoms with van der Waals surface area (Å²) >= 11 is 0. The van der Waals surface area contributed by atoms with E-state index in [9.17, 15) is 19.2 Å². The highest BCUT2D eigenvalue weighted by atomic mass is 16.5. The first kappa shape index (κ1) is 47.2. The first-order valence-electron chi connectivity index (χ1n) is 21.2. The van der Waals surface area contributed by atoms with Crippen molar-refractivity contribution in [1.29, 1.82) is 0 Å². The van der Waals surface area contributed by atoms with Crippen molar-refractivity contribution < 1.29 is 28.7 Å².